The van der Waals surface area contributed by atoms with Gasteiger partial charge < -0.3 is 4.74 Å². The van der Waals surface area contributed by atoms with Crippen molar-refractivity contribution in [3.63, 3.8) is 0 Å². The summed E-state index contributed by atoms with van der Waals surface area (Å²) in [7, 11) is 1.40. The van der Waals surface area contributed by atoms with E-state index in [0.717, 1.165) is 11.3 Å². The Hall–Kier alpha value is -3.22. The number of nitro benzene ring substituents is 1. The number of rotatable bonds is 4. The van der Waals surface area contributed by atoms with Crippen LogP contribution in [0.4, 0.5) is 5.69 Å². The van der Waals surface area contributed by atoms with Crippen molar-refractivity contribution in [2.45, 2.75) is 0 Å². The van der Waals surface area contributed by atoms with E-state index in [9.17, 15) is 10.1 Å². The monoisotopic (exact) mass is 296 g/mol. The maximum atomic E-state index is 11.1. The summed E-state index contributed by atoms with van der Waals surface area (Å²) in [4.78, 5) is 14.7. The lowest BCUT2D eigenvalue weighted by Crippen LogP contribution is -1.94. The third-order valence-electron chi connectivity index (χ3n) is 3.22. The quantitative estimate of drug-likeness (QED) is 0.590. The maximum Gasteiger partial charge on any atom is 0.311 e. The molecule has 1 aromatic carbocycles. The van der Waals surface area contributed by atoms with Gasteiger partial charge in [-0.15, -0.1) is 0 Å². The molecule has 0 radical (unpaired) electrons. The minimum atomic E-state index is -0.471. The van der Waals surface area contributed by atoms with Gasteiger partial charge in [-0.05, 0) is 30.3 Å². The first-order valence-corrected chi connectivity index (χ1v) is 6.47. The summed E-state index contributed by atoms with van der Waals surface area (Å²) < 4.78 is 5.00. The number of aromatic nitrogens is 3. The summed E-state index contributed by atoms with van der Waals surface area (Å²) >= 11 is 0. The first-order chi connectivity index (χ1) is 10.7. The molecule has 0 atom stereocenters. The van der Waals surface area contributed by atoms with Crippen LogP contribution < -0.4 is 4.74 Å². The van der Waals surface area contributed by atoms with Gasteiger partial charge >= 0.3 is 5.69 Å². The molecule has 2 aromatic heterocycles. The number of nitrogens with one attached hydrogen (secondary N) is 1. The number of nitro groups is 1. The van der Waals surface area contributed by atoms with E-state index in [-0.39, 0.29) is 11.4 Å². The molecule has 0 saturated heterocycles. The molecule has 7 heteroatoms. The van der Waals surface area contributed by atoms with Crippen LogP contribution >= 0.6 is 0 Å². The molecule has 0 unspecified atom stereocenters. The molecule has 1 N–H and O–H groups in total. The zero-order valence-electron chi connectivity index (χ0n) is 11.7. The van der Waals surface area contributed by atoms with Gasteiger partial charge in [0.1, 0.15) is 0 Å². The maximum absolute atomic E-state index is 11.1. The van der Waals surface area contributed by atoms with Crippen LogP contribution in [0.2, 0.25) is 0 Å². The van der Waals surface area contributed by atoms with E-state index in [1.807, 2.05) is 18.2 Å². The summed E-state index contributed by atoms with van der Waals surface area (Å²) in [6.45, 7) is 0. The Bertz CT molecular complexity index is 815. The Morgan fingerprint density at radius 2 is 2.09 bits per heavy atom. The standard InChI is InChI=1S/C15H12N4O3/c1-22-15-5-4-10(7-14(15)19(20)21)12-8-13(18-17-12)11-3-2-6-16-9-11/h2-9H,1H3,(H,17,18). The topological polar surface area (TPSA) is 93.9 Å². The van der Waals surface area contributed by atoms with Crippen LogP contribution in [0.1, 0.15) is 0 Å². The first-order valence-electron chi connectivity index (χ1n) is 6.47. The van der Waals surface area contributed by atoms with Gasteiger partial charge in [0.05, 0.1) is 23.4 Å². The molecule has 0 spiro atoms. The van der Waals surface area contributed by atoms with Crippen LogP contribution in [-0.2, 0) is 0 Å². The SMILES string of the molecule is COc1ccc(-c2cc(-c3cccnc3)n[nH]2)cc1[N+](=O)[O-]. The van der Waals surface area contributed by atoms with Crippen molar-refractivity contribution < 1.29 is 9.66 Å². The Balaban J connectivity index is 2.00. The van der Waals surface area contributed by atoms with Gasteiger partial charge in [-0.25, -0.2) is 0 Å². The highest BCUT2D eigenvalue weighted by molar-refractivity contribution is 5.70. The van der Waals surface area contributed by atoms with Gasteiger partial charge in [0.2, 0.25) is 0 Å². The van der Waals surface area contributed by atoms with Gasteiger partial charge in [-0.3, -0.25) is 20.2 Å². The van der Waals surface area contributed by atoms with Crippen LogP contribution in [0.25, 0.3) is 22.5 Å². The molecular weight excluding hydrogens is 284 g/mol. The molecule has 3 rings (SSSR count). The van der Waals surface area contributed by atoms with Gasteiger partial charge in [0, 0.05) is 29.6 Å². The highest BCUT2D eigenvalue weighted by atomic mass is 16.6. The van der Waals surface area contributed by atoms with Gasteiger partial charge in [-0.1, -0.05) is 0 Å². The van der Waals surface area contributed by atoms with Crippen LogP contribution in [0, 0.1) is 10.1 Å². The molecule has 110 valence electrons. The van der Waals surface area contributed by atoms with Gasteiger partial charge in [0.15, 0.2) is 5.75 Å². The predicted molar refractivity (Wildman–Crippen MR) is 80.5 cm³/mol. The Kier molecular flexibility index (Phi) is 3.53. The van der Waals surface area contributed by atoms with Crippen molar-refractivity contribution in [2.24, 2.45) is 0 Å². The average molecular weight is 296 g/mol. The van der Waals surface area contributed by atoms with Crippen molar-refractivity contribution >= 4 is 5.69 Å². The minimum Gasteiger partial charge on any atom is -0.490 e. The highest BCUT2D eigenvalue weighted by Crippen LogP contribution is 2.32. The number of pyridine rings is 1. The molecule has 0 amide bonds. The smallest absolute Gasteiger partial charge is 0.311 e. The molecule has 0 aliphatic rings. The molecule has 0 aliphatic heterocycles. The lowest BCUT2D eigenvalue weighted by atomic mass is 10.1. The second-order valence-electron chi connectivity index (χ2n) is 4.55. The Labute approximate surface area is 125 Å². The number of hydrogen-bond acceptors (Lipinski definition) is 5. The second-order valence-corrected chi connectivity index (χ2v) is 4.55. The molecule has 2 heterocycles. The lowest BCUT2D eigenvalue weighted by molar-refractivity contribution is -0.385. The van der Waals surface area contributed by atoms with Gasteiger partial charge in [0.25, 0.3) is 0 Å². The molecule has 0 bridgehead atoms. The summed E-state index contributed by atoms with van der Waals surface area (Å²) in [5.74, 6) is 0.223. The summed E-state index contributed by atoms with van der Waals surface area (Å²) in [6, 6.07) is 10.3. The number of aromatic amines is 1. The first kappa shape index (κ1) is 13.7. The predicted octanol–water partition coefficient (Wildman–Crippen LogP) is 3.06. The molecule has 0 fully saturated rings. The third-order valence-corrected chi connectivity index (χ3v) is 3.22. The fourth-order valence-electron chi connectivity index (χ4n) is 2.13. The fourth-order valence-corrected chi connectivity index (χ4v) is 2.13. The van der Waals surface area contributed by atoms with E-state index in [1.165, 1.54) is 13.2 Å². The van der Waals surface area contributed by atoms with E-state index >= 15 is 0 Å². The normalized spacial score (nSPS) is 10.4. The van der Waals surface area contributed by atoms with Crippen molar-refractivity contribution in [3.05, 3.63) is 58.9 Å². The third kappa shape index (κ3) is 2.51. The largest absolute Gasteiger partial charge is 0.490 e. The minimum absolute atomic E-state index is 0.0856. The van der Waals surface area contributed by atoms with Crippen LogP contribution in [-0.4, -0.2) is 27.2 Å². The van der Waals surface area contributed by atoms with Crippen molar-refractivity contribution in [3.8, 4) is 28.3 Å². The Morgan fingerprint density at radius 3 is 2.77 bits per heavy atom. The van der Waals surface area contributed by atoms with E-state index in [2.05, 4.69) is 15.2 Å². The molecular formula is C15H12N4O3. The number of ether oxygens (including phenoxy) is 1. The number of hydrogen-bond donors (Lipinski definition) is 1. The number of methoxy groups -OCH3 is 1. The molecule has 0 aliphatic carbocycles. The van der Waals surface area contributed by atoms with Crippen LogP contribution in [0.15, 0.2) is 48.8 Å². The summed E-state index contributed by atoms with van der Waals surface area (Å²) in [5.41, 5.74) is 2.85. The molecule has 3 aromatic rings. The highest BCUT2D eigenvalue weighted by Gasteiger charge is 2.16. The lowest BCUT2D eigenvalue weighted by Gasteiger charge is -2.03. The van der Waals surface area contributed by atoms with Crippen molar-refractivity contribution in [1.82, 2.24) is 15.2 Å². The van der Waals surface area contributed by atoms with E-state index in [0.29, 0.717) is 11.3 Å². The molecule has 22 heavy (non-hydrogen) atoms. The van der Waals surface area contributed by atoms with E-state index < -0.39 is 4.92 Å². The molecule has 7 nitrogen and oxygen atoms in total. The number of benzene rings is 1. The zero-order valence-corrected chi connectivity index (χ0v) is 11.7. The summed E-state index contributed by atoms with van der Waals surface area (Å²) in [6.07, 6.45) is 3.39. The molecule has 0 saturated carbocycles. The van der Waals surface area contributed by atoms with Crippen molar-refractivity contribution in [1.29, 1.82) is 0 Å². The average Bonchev–Trinajstić information content (AvgIpc) is 3.05. The van der Waals surface area contributed by atoms with E-state index in [4.69, 9.17) is 4.74 Å². The van der Waals surface area contributed by atoms with Crippen LogP contribution in [0.3, 0.4) is 0 Å². The fraction of sp³-hybridized carbons (Fsp3) is 0.0667. The Morgan fingerprint density at radius 1 is 1.23 bits per heavy atom. The number of nitrogens with zero attached hydrogens (tertiary/aromatic N) is 3. The van der Waals surface area contributed by atoms with Crippen molar-refractivity contribution in [2.75, 3.05) is 7.11 Å². The van der Waals surface area contributed by atoms with E-state index in [1.54, 1.807) is 24.5 Å². The zero-order chi connectivity index (χ0) is 15.5. The van der Waals surface area contributed by atoms with Crippen LogP contribution in [0.5, 0.6) is 5.75 Å². The summed E-state index contributed by atoms with van der Waals surface area (Å²) in [5, 5.41) is 18.2. The second kappa shape index (κ2) is 5.65. The van der Waals surface area contributed by atoms with Gasteiger partial charge in [-0.2, -0.15) is 5.10 Å². The number of H-pyrrole nitrogens is 1.